The van der Waals surface area contributed by atoms with Crippen LogP contribution in [0, 0.1) is 0 Å². The fourth-order valence-corrected chi connectivity index (χ4v) is 14.8. The van der Waals surface area contributed by atoms with E-state index in [1.165, 1.54) is 33.6 Å². The third-order valence-electron chi connectivity index (χ3n) is 10.0. The van der Waals surface area contributed by atoms with Gasteiger partial charge in [0.05, 0.1) is 12.2 Å². The van der Waals surface area contributed by atoms with E-state index >= 15 is 0 Å². The number of benzene rings is 4. The molecular weight excluding hydrogens is 573 g/mol. The number of aliphatic hydroxyl groups excluding tert-OH is 2. The molecule has 0 unspecified atom stereocenters. The molecule has 0 radical (unpaired) electrons. The Morgan fingerprint density at radius 1 is 0.523 bits per heavy atom. The van der Waals surface area contributed by atoms with Gasteiger partial charge >= 0.3 is 0 Å². The second-order valence-corrected chi connectivity index (χ2v) is 21.5. The lowest BCUT2D eigenvalue weighted by atomic mass is 10.1. The van der Waals surface area contributed by atoms with Gasteiger partial charge in [-0.1, -0.05) is 155 Å². The summed E-state index contributed by atoms with van der Waals surface area (Å²) < 4.78 is 0. The fraction of sp³-hybridized carbons (Fsp3) is 0.368. The molecule has 0 saturated carbocycles. The van der Waals surface area contributed by atoms with Crippen molar-refractivity contribution in [1.82, 2.24) is 10.6 Å². The van der Waals surface area contributed by atoms with Crippen LogP contribution < -0.4 is 31.4 Å². The van der Waals surface area contributed by atoms with Crippen molar-refractivity contribution in [3.63, 3.8) is 0 Å². The number of hydrogen-bond acceptors (Lipinski definition) is 4. The zero-order chi connectivity index (χ0) is 30.8. The number of aliphatic hydroxyl groups is 2. The molecule has 4 N–H and O–H groups in total. The van der Waals surface area contributed by atoms with Crippen LogP contribution in [0.25, 0.3) is 0 Å². The van der Waals surface area contributed by atoms with Gasteiger partial charge in [0.25, 0.3) is 0 Å². The monoisotopic (exact) mass is 622 g/mol. The van der Waals surface area contributed by atoms with Crippen molar-refractivity contribution in [3.8, 4) is 0 Å². The Morgan fingerprint density at radius 3 is 1.02 bits per heavy atom. The first kappa shape index (κ1) is 32.5. The summed E-state index contributed by atoms with van der Waals surface area (Å²) in [5, 5.41) is 34.1. The summed E-state index contributed by atoms with van der Waals surface area (Å²) >= 11 is 0. The normalized spacial score (nSPS) is 20.0. The summed E-state index contributed by atoms with van der Waals surface area (Å²) in [4.78, 5) is 0. The van der Waals surface area contributed by atoms with Gasteiger partial charge < -0.3 is 20.8 Å². The Hall–Kier alpha value is -2.85. The molecule has 44 heavy (non-hydrogen) atoms. The van der Waals surface area contributed by atoms with Gasteiger partial charge in [-0.3, -0.25) is 0 Å². The number of nitrogens with one attached hydrogen (secondary N) is 2. The maximum Gasteiger partial charge on any atom is 0.117 e. The van der Waals surface area contributed by atoms with E-state index in [1.807, 2.05) is 0 Å². The van der Waals surface area contributed by atoms with Crippen LogP contribution in [0.2, 0.25) is 25.2 Å². The lowest BCUT2D eigenvalue weighted by Crippen LogP contribution is -2.58. The highest BCUT2D eigenvalue weighted by molar-refractivity contribution is 7.02. The third kappa shape index (κ3) is 7.86. The minimum absolute atomic E-state index is 0.263. The fourth-order valence-electron chi connectivity index (χ4n) is 7.23. The lowest BCUT2D eigenvalue weighted by Gasteiger charge is -2.33. The van der Waals surface area contributed by atoms with Gasteiger partial charge in [-0.15, -0.1) is 0 Å². The maximum atomic E-state index is 10.8. The van der Waals surface area contributed by atoms with Crippen LogP contribution in [0.1, 0.15) is 25.7 Å². The smallest absolute Gasteiger partial charge is 0.117 e. The summed E-state index contributed by atoms with van der Waals surface area (Å²) in [6.07, 6.45) is 4.01. The summed E-state index contributed by atoms with van der Waals surface area (Å²) in [5.74, 6) is 0. The number of hydrogen-bond donors (Lipinski definition) is 4. The van der Waals surface area contributed by atoms with Gasteiger partial charge in [0.15, 0.2) is 0 Å². The average Bonchev–Trinajstić information content (AvgIpc) is 3.83. The molecule has 4 nitrogen and oxygen atoms in total. The molecule has 4 atom stereocenters. The standard InChI is InChI=1S/2C19H25NOSi/c2*1-22(16-9-4-2-5-10-16,17-11-6-3-7-12-17)15-19(21)18-13-8-14-20-18/h2*2-7,9-12,18-21H,8,13-15H2,1H3/t2*18-,19+/m10/s1. The predicted molar refractivity (Wildman–Crippen MR) is 191 cm³/mol. The van der Waals surface area contributed by atoms with Crippen molar-refractivity contribution in [2.75, 3.05) is 13.1 Å². The molecule has 4 aromatic rings. The second-order valence-electron chi connectivity index (χ2n) is 13.1. The minimum Gasteiger partial charge on any atom is -0.392 e. The Labute approximate surface area is 266 Å². The third-order valence-corrected chi connectivity index (χ3v) is 18.9. The van der Waals surface area contributed by atoms with Crippen molar-refractivity contribution in [1.29, 1.82) is 0 Å². The van der Waals surface area contributed by atoms with E-state index in [9.17, 15) is 10.2 Å². The van der Waals surface area contributed by atoms with E-state index < -0.39 is 16.1 Å². The Morgan fingerprint density at radius 2 is 0.795 bits per heavy atom. The zero-order valence-electron chi connectivity index (χ0n) is 26.4. The zero-order valence-corrected chi connectivity index (χ0v) is 28.4. The first-order valence-electron chi connectivity index (χ1n) is 16.5. The first-order chi connectivity index (χ1) is 21.4. The molecule has 6 rings (SSSR count). The SMILES string of the molecule is C[Si](C[C@@H](O)[C@@H]1CCCN1)(c1ccccc1)c1ccccc1.C[Si](C[C@H](O)[C@H]1CCCN1)(c1ccccc1)c1ccccc1. The predicted octanol–water partition coefficient (Wildman–Crippen LogP) is 3.98. The van der Waals surface area contributed by atoms with E-state index in [-0.39, 0.29) is 24.3 Å². The molecule has 0 spiro atoms. The minimum atomic E-state index is -1.92. The molecule has 0 aliphatic carbocycles. The molecular formula is C38H50N2O2Si2. The first-order valence-corrected chi connectivity index (χ1v) is 21.9. The van der Waals surface area contributed by atoms with E-state index in [0.717, 1.165) is 38.0 Å². The molecule has 0 amide bonds. The molecule has 2 fully saturated rings. The van der Waals surface area contributed by atoms with Gasteiger partial charge in [0, 0.05) is 12.1 Å². The lowest BCUT2D eigenvalue weighted by molar-refractivity contribution is 0.153. The Balaban J connectivity index is 0.000000175. The molecule has 2 heterocycles. The van der Waals surface area contributed by atoms with Crippen LogP contribution in [0.5, 0.6) is 0 Å². The van der Waals surface area contributed by atoms with Crippen molar-refractivity contribution in [2.24, 2.45) is 0 Å². The summed E-state index contributed by atoms with van der Waals surface area (Å²) in [7, 11) is -3.84. The average molecular weight is 623 g/mol. The van der Waals surface area contributed by atoms with Crippen molar-refractivity contribution >= 4 is 36.9 Å². The Kier molecular flexibility index (Phi) is 11.4. The van der Waals surface area contributed by atoms with E-state index in [2.05, 4.69) is 145 Å². The number of rotatable bonds is 10. The maximum absolute atomic E-state index is 10.8. The molecule has 2 aliphatic heterocycles. The molecule has 0 bridgehead atoms. The van der Waals surface area contributed by atoms with Crippen LogP contribution in [-0.2, 0) is 0 Å². The molecule has 0 aromatic heterocycles. The van der Waals surface area contributed by atoms with Gasteiger partial charge in [0.1, 0.15) is 16.1 Å². The highest BCUT2D eigenvalue weighted by atomic mass is 28.3. The summed E-state index contributed by atoms with van der Waals surface area (Å²) in [6, 6.07) is 45.3. The van der Waals surface area contributed by atoms with E-state index in [4.69, 9.17) is 0 Å². The van der Waals surface area contributed by atoms with Crippen LogP contribution in [0.4, 0.5) is 0 Å². The largest absolute Gasteiger partial charge is 0.392 e. The van der Waals surface area contributed by atoms with Crippen LogP contribution in [0.3, 0.4) is 0 Å². The molecule has 6 heteroatoms. The highest BCUT2D eigenvalue weighted by Gasteiger charge is 2.38. The second kappa shape index (κ2) is 15.4. The quantitative estimate of drug-likeness (QED) is 0.202. The molecule has 2 saturated heterocycles. The summed E-state index contributed by atoms with van der Waals surface area (Å²) in [6.45, 7) is 6.85. The van der Waals surface area contributed by atoms with Gasteiger partial charge in [-0.2, -0.15) is 0 Å². The van der Waals surface area contributed by atoms with Crippen molar-refractivity contribution in [2.45, 2.75) is 75.2 Å². The molecule has 232 valence electrons. The van der Waals surface area contributed by atoms with Gasteiger partial charge in [-0.05, 0) is 50.9 Å². The van der Waals surface area contributed by atoms with Crippen LogP contribution in [0.15, 0.2) is 121 Å². The molecule has 2 aliphatic rings. The van der Waals surface area contributed by atoms with Gasteiger partial charge in [-0.25, -0.2) is 0 Å². The van der Waals surface area contributed by atoms with E-state index in [1.54, 1.807) is 0 Å². The highest BCUT2D eigenvalue weighted by Crippen LogP contribution is 2.21. The van der Waals surface area contributed by atoms with Crippen molar-refractivity contribution in [3.05, 3.63) is 121 Å². The molecule has 4 aromatic carbocycles. The van der Waals surface area contributed by atoms with Crippen molar-refractivity contribution < 1.29 is 10.2 Å². The summed E-state index contributed by atoms with van der Waals surface area (Å²) in [5.41, 5.74) is 0. The van der Waals surface area contributed by atoms with E-state index in [0.29, 0.717) is 0 Å². The van der Waals surface area contributed by atoms with Gasteiger partial charge in [0.2, 0.25) is 0 Å². The topological polar surface area (TPSA) is 64.5 Å². The Bertz CT molecular complexity index is 1190. The van der Waals surface area contributed by atoms with Crippen LogP contribution >= 0.6 is 0 Å². The van der Waals surface area contributed by atoms with Crippen LogP contribution in [-0.4, -0.2) is 63.7 Å².